The lowest BCUT2D eigenvalue weighted by Gasteiger charge is -2.29. The molecule has 0 radical (unpaired) electrons. The van der Waals surface area contributed by atoms with Gasteiger partial charge in [0.2, 0.25) is 0 Å². The molecule has 3 heterocycles. The molecule has 0 atom stereocenters. The van der Waals surface area contributed by atoms with Crippen LogP contribution < -0.4 is 10.1 Å². The van der Waals surface area contributed by atoms with Crippen molar-refractivity contribution < 1.29 is 13.6 Å². The average molecular weight is 366 g/mol. The minimum atomic E-state index is -0.117. The van der Waals surface area contributed by atoms with Crippen LogP contribution in [0.1, 0.15) is 36.0 Å². The van der Waals surface area contributed by atoms with Crippen LogP contribution >= 0.6 is 0 Å². The van der Waals surface area contributed by atoms with E-state index in [1.54, 1.807) is 12.5 Å². The van der Waals surface area contributed by atoms with Gasteiger partial charge in [0.05, 0.1) is 12.5 Å². The monoisotopic (exact) mass is 366 g/mol. The van der Waals surface area contributed by atoms with Crippen LogP contribution in [0.2, 0.25) is 0 Å². The summed E-state index contributed by atoms with van der Waals surface area (Å²) < 4.78 is 17.4. The summed E-state index contributed by atoms with van der Waals surface area (Å²) in [5.41, 5.74) is 1.17. The van der Waals surface area contributed by atoms with Crippen molar-refractivity contribution >= 4 is 0 Å². The number of piperidine rings is 1. The third-order valence-corrected chi connectivity index (χ3v) is 5.03. The van der Waals surface area contributed by atoms with Gasteiger partial charge in [-0.25, -0.2) is 0 Å². The van der Waals surface area contributed by atoms with Gasteiger partial charge in [0, 0.05) is 19.6 Å². The second-order valence-corrected chi connectivity index (χ2v) is 7.11. The zero-order valence-corrected chi connectivity index (χ0v) is 15.6. The van der Waals surface area contributed by atoms with Crippen molar-refractivity contribution in [2.24, 2.45) is 0 Å². The van der Waals surface area contributed by atoms with Gasteiger partial charge in [-0.2, -0.15) is 0 Å². The molecule has 0 saturated carbocycles. The van der Waals surface area contributed by atoms with Gasteiger partial charge in [-0.15, -0.1) is 0 Å². The van der Waals surface area contributed by atoms with Gasteiger partial charge in [-0.3, -0.25) is 5.32 Å². The smallest absolute Gasteiger partial charge is 0.128 e. The third-order valence-electron chi connectivity index (χ3n) is 5.03. The maximum atomic E-state index is 6.20. The Balaban J connectivity index is 1.40. The summed E-state index contributed by atoms with van der Waals surface area (Å²) in [4.78, 5) is 2.35. The van der Waals surface area contributed by atoms with E-state index in [4.69, 9.17) is 13.6 Å². The summed E-state index contributed by atoms with van der Waals surface area (Å²) in [5, 5.41) is 3.53. The predicted molar refractivity (Wildman–Crippen MR) is 104 cm³/mol. The molecule has 1 fully saturated rings. The molecule has 1 aromatic carbocycles. The standard InChI is InChI=1S/C22H26N2O3/c1-24-11-9-18(10-12-24)27-19-6-2-5-17(15-19)16-23-22(20-7-3-13-25-20)21-8-4-14-26-21/h2-8,13-15,18,22-23H,9-12,16H2,1H3. The summed E-state index contributed by atoms with van der Waals surface area (Å²) in [5.74, 6) is 2.61. The minimum absolute atomic E-state index is 0.117. The number of ether oxygens (including phenoxy) is 1. The van der Waals surface area contributed by atoms with E-state index in [1.807, 2.05) is 30.3 Å². The molecule has 1 aliphatic heterocycles. The molecule has 5 nitrogen and oxygen atoms in total. The van der Waals surface area contributed by atoms with Gasteiger partial charge in [0.1, 0.15) is 29.4 Å². The maximum Gasteiger partial charge on any atom is 0.128 e. The Labute approximate surface area is 159 Å². The van der Waals surface area contributed by atoms with E-state index in [1.165, 1.54) is 5.56 Å². The summed E-state index contributed by atoms with van der Waals surface area (Å²) in [6.07, 6.45) is 5.84. The summed E-state index contributed by atoms with van der Waals surface area (Å²) in [6, 6.07) is 15.9. The van der Waals surface area contributed by atoms with E-state index in [0.717, 1.165) is 43.2 Å². The van der Waals surface area contributed by atoms with E-state index in [2.05, 4.69) is 35.5 Å². The first-order chi connectivity index (χ1) is 13.3. The SMILES string of the molecule is CN1CCC(Oc2cccc(CNC(c3ccco3)c3ccco3)c2)CC1. The Morgan fingerprint density at radius 3 is 2.37 bits per heavy atom. The van der Waals surface area contributed by atoms with Crippen molar-refractivity contribution in [1.29, 1.82) is 0 Å². The van der Waals surface area contributed by atoms with E-state index in [0.29, 0.717) is 12.6 Å². The van der Waals surface area contributed by atoms with Gasteiger partial charge in [-0.05, 0) is 61.9 Å². The first kappa shape index (κ1) is 17.9. The van der Waals surface area contributed by atoms with Crippen molar-refractivity contribution in [3.05, 3.63) is 78.1 Å². The fourth-order valence-corrected chi connectivity index (χ4v) is 3.50. The number of hydrogen-bond acceptors (Lipinski definition) is 5. The lowest BCUT2D eigenvalue weighted by molar-refractivity contribution is 0.114. The molecule has 0 aliphatic carbocycles. The molecule has 1 N–H and O–H groups in total. The maximum absolute atomic E-state index is 6.20. The number of nitrogens with zero attached hydrogens (tertiary/aromatic N) is 1. The van der Waals surface area contributed by atoms with Crippen LogP contribution in [0.4, 0.5) is 0 Å². The highest BCUT2D eigenvalue weighted by molar-refractivity contribution is 5.29. The quantitative estimate of drug-likeness (QED) is 0.678. The van der Waals surface area contributed by atoms with Crippen LogP contribution in [-0.2, 0) is 6.54 Å². The second-order valence-electron chi connectivity index (χ2n) is 7.11. The number of likely N-dealkylation sites (tertiary alicyclic amines) is 1. The highest BCUT2D eigenvalue weighted by atomic mass is 16.5. The summed E-state index contributed by atoms with van der Waals surface area (Å²) in [6.45, 7) is 2.89. The van der Waals surface area contributed by atoms with Crippen molar-refractivity contribution in [2.75, 3.05) is 20.1 Å². The van der Waals surface area contributed by atoms with E-state index in [-0.39, 0.29) is 6.04 Å². The Hall–Kier alpha value is -2.50. The molecule has 1 saturated heterocycles. The van der Waals surface area contributed by atoms with E-state index < -0.39 is 0 Å². The highest BCUT2D eigenvalue weighted by Crippen LogP contribution is 2.24. The molecule has 5 heteroatoms. The predicted octanol–water partition coefficient (Wildman–Crippen LogP) is 4.22. The number of benzene rings is 1. The number of hydrogen-bond donors (Lipinski definition) is 1. The van der Waals surface area contributed by atoms with Gasteiger partial charge in [0.25, 0.3) is 0 Å². The third kappa shape index (κ3) is 4.62. The van der Waals surface area contributed by atoms with Crippen molar-refractivity contribution in [3.63, 3.8) is 0 Å². The lowest BCUT2D eigenvalue weighted by atomic mass is 10.1. The summed E-state index contributed by atoms with van der Waals surface area (Å²) >= 11 is 0. The molecule has 1 aliphatic rings. The normalized spacial score (nSPS) is 16.1. The molecule has 142 valence electrons. The number of nitrogens with one attached hydrogen (secondary N) is 1. The van der Waals surface area contributed by atoms with E-state index >= 15 is 0 Å². The molecule has 0 unspecified atom stereocenters. The van der Waals surface area contributed by atoms with E-state index in [9.17, 15) is 0 Å². The largest absolute Gasteiger partial charge is 0.490 e. The molecule has 0 amide bonds. The first-order valence-corrected chi connectivity index (χ1v) is 9.52. The van der Waals surface area contributed by atoms with Crippen LogP contribution in [0.15, 0.2) is 69.9 Å². The Bertz CT molecular complexity index is 772. The lowest BCUT2D eigenvalue weighted by Crippen LogP contribution is -2.35. The molecule has 2 aromatic heterocycles. The Kier molecular flexibility index (Phi) is 5.61. The van der Waals surface area contributed by atoms with Crippen molar-refractivity contribution in [3.8, 4) is 5.75 Å². The van der Waals surface area contributed by atoms with Crippen molar-refractivity contribution in [2.45, 2.75) is 31.5 Å². The van der Waals surface area contributed by atoms with Gasteiger partial charge in [-0.1, -0.05) is 12.1 Å². The molecule has 27 heavy (non-hydrogen) atoms. The molecule has 0 bridgehead atoms. The van der Waals surface area contributed by atoms with Gasteiger partial charge < -0.3 is 18.5 Å². The first-order valence-electron chi connectivity index (χ1n) is 9.52. The zero-order chi connectivity index (χ0) is 18.5. The van der Waals surface area contributed by atoms with Crippen LogP contribution in [-0.4, -0.2) is 31.1 Å². The Morgan fingerprint density at radius 2 is 1.74 bits per heavy atom. The topological polar surface area (TPSA) is 50.8 Å². The van der Waals surface area contributed by atoms with Crippen LogP contribution in [0.25, 0.3) is 0 Å². The van der Waals surface area contributed by atoms with Gasteiger partial charge >= 0.3 is 0 Å². The van der Waals surface area contributed by atoms with Crippen LogP contribution in [0.3, 0.4) is 0 Å². The molecule has 0 spiro atoms. The number of rotatable bonds is 7. The Morgan fingerprint density at radius 1 is 1.04 bits per heavy atom. The second kappa shape index (κ2) is 8.46. The molecule has 3 aromatic rings. The number of furan rings is 2. The van der Waals surface area contributed by atoms with Crippen molar-refractivity contribution in [1.82, 2.24) is 10.2 Å². The van der Waals surface area contributed by atoms with Crippen LogP contribution in [0, 0.1) is 0 Å². The fraction of sp³-hybridized carbons (Fsp3) is 0.364. The molecular formula is C22H26N2O3. The fourth-order valence-electron chi connectivity index (χ4n) is 3.50. The molecular weight excluding hydrogens is 340 g/mol. The summed E-state index contributed by atoms with van der Waals surface area (Å²) in [7, 11) is 2.16. The minimum Gasteiger partial charge on any atom is -0.490 e. The molecule has 4 rings (SSSR count). The zero-order valence-electron chi connectivity index (χ0n) is 15.6. The van der Waals surface area contributed by atoms with Gasteiger partial charge in [0.15, 0.2) is 0 Å². The average Bonchev–Trinajstić information content (AvgIpc) is 3.39. The highest BCUT2D eigenvalue weighted by Gasteiger charge is 2.20. The van der Waals surface area contributed by atoms with Crippen LogP contribution in [0.5, 0.6) is 5.75 Å².